The van der Waals surface area contributed by atoms with Crippen LogP contribution in [0.5, 0.6) is 0 Å². The van der Waals surface area contributed by atoms with Gasteiger partial charge in [0.05, 0.1) is 37.4 Å². The molecule has 1 aliphatic rings. The molecular formula is C48H65AlBNO15S6. The maximum atomic E-state index is 12.9. The van der Waals surface area contributed by atoms with Crippen molar-refractivity contribution in [3.63, 3.8) is 0 Å². The number of carboxylic acid groups (broad SMARTS) is 1. The molecule has 394 valence electrons. The van der Waals surface area contributed by atoms with Crippen molar-refractivity contribution in [1.29, 1.82) is 4.35 Å². The number of thioether (sulfide) groups is 4. The van der Waals surface area contributed by atoms with Crippen LogP contribution in [0.25, 0.3) is 6.08 Å². The molecule has 1 aliphatic heterocycles. The summed E-state index contributed by atoms with van der Waals surface area (Å²) in [5.41, 5.74) is 0.0814. The van der Waals surface area contributed by atoms with E-state index in [1.54, 1.807) is 85.0 Å². The average molecular weight is 1130 g/mol. The third-order valence-electron chi connectivity index (χ3n) is 9.27. The number of thiocarbonyl (C=S) groups is 1. The van der Waals surface area contributed by atoms with Crippen LogP contribution in [0.15, 0.2) is 78.4 Å². The summed E-state index contributed by atoms with van der Waals surface area (Å²) in [4.78, 5) is 81.4. The number of ether oxygens (including phenoxy) is 5. The van der Waals surface area contributed by atoms with Crippen LogP contribution in [-0.4, -0.2) is 136 Å². The number of nitrogens with one attached hydrogen (secondary N) is 1. The van der Waals surface area contributed by atoms with E-state index in [-0.39, 0.29) is 56.9 Å². The van der Waals surface area contributed by atoms with Crippen LogP contribution in [0.2, 0.25) is 0 Å². The van der Waals surface area contributed by atoms with Crippen LogP contribution >= 0.6 is 59.3 Å². The van der Waals surface area contributed by atoms with E-state index in [0.29, 0.717) is 43.5 Å². The van der Waals surface area contributed by atoms with Crippen molar-refractivity contribution in [3.05, 3.63) is 89.5 Å². The second kappa shape index (κ2) is 37.9. The molecule has 2 aromatic carbocycles. The number of benzene rings is 2. The van der Waals surface area contributed by atoms with E-state index < -0.39 is 65.8 Å². The summed E-state index contributed by atoms with van der Waals surface area (Å²) >= 11 is 11.8. The molecule has 16 nitrogen and oxygen atoms in total. The van der Waals surface area contributed by atoms with E-state index >= 15 is 0 Å². The zero-order valence-corrected chi connectivity index (χ0v) is 48.0. The van der Waals surface area contributed by atoms with Crippen LogP contribution in [0, 0.1) is 9.76 Å². The molecule has 0 bridgehead atoms. The zero-order chi connectivity index (χ0) is 54.2. The molecule has 2 N–H and O–H groups in total. The third kappa shape index (κ3) is 28.1. The van der Waals surface area contributed by atoms with Crippen molar-refractivity contribution in [1.82, 2.24) is 0 Å². The van der Waals surface area contributed by atoms with E-state index in [9.17, 15) is 47.1 Å². The number of esters is 4. The monoisotopic (exact) mass is 1130 g/mol. The number of carboxylic acids is 1. The number of sulfone groups is 1. The van der Waals surface area contributed by atoms with Crippen molar-refractivity contribution in [3.8, 4) is 0 Å². The van der Waals surface area contributed by atoms with Crippen molar-refractivity contribution in [2.75, 3.05) is 37.9 Å². The van der Waals surface area contributed by atoms with E-state index in [1.807, 2.05) is 58.0 Å². The van der Waals surface area contributed by atoms with Crippen molar-refractivity contribution in [2.24, 2.45) is 5.41 Å². The first-order chi connectivity index (χ1) is 33.4. The summed E-state index contributed by atoms with van der Waals surface area (Å²) in [6.45, 7) is 18.1. The number of carbonyl (C=O) groups excluding carboxylic acids is 6. The first-order valence-electron chi connectivity index (χ1n) is 22.2. The Morgan fingerprint density at radius 1 is 0.917 bits per heavy atom. The Labute approximate surface area is 456 Å². The molecule has 24 heteroatoms. The van der Waals surface area contributed by atoms with Gasteiger partial charge < -0.3 is 28.8 Å². The van der Waals surface area contributed by atoms with E-state index in [4.69, 9.17) is 40.2 Å². The average Bonchev–Trinajstić information content (AvgIpc) is 3.31. The van der Waals surface area contributed by atoms with Crippen molar-refractivity contribution < 1.29 is 70.8 Å². The van der Waals surface area contributed by atoms with Gasteiger partial charge in [-0.1, -0.05) is 129 Å². The number of hydrogen-bond acceptors (Lipinski definition) is 20. The van der Waals surface area contributed by atoms with Crippen LogP contribution in [0.4, 0.5) is 4.79 Å². The van der Waals surface area contributed by atoms with Gasteiger partial charge in [0.25, 0.3) is 6.47 Å². The van der Waals surface area contributed by atoms with Gasteiger partial charge in [-0.15, -0.1) is 11.8 Å². The van der Waals surface area contributed by atoms with Crippen molar-refractivity contribution >= 4 is 144 Å². The maximum absolute atomic E-state index is 12.9. The molecule has 1 heterocycles. The number of unbranched alkanes of at least 4 members (excludes halogenated alkanes) is 1. The topological polar surface area (TPSA) is 244 Å². The molecule has 4 radical (unpaired) electrons. The molecule has 2 aromatic rings. The first kappa shape index (κ1) is 70.3. The summed E-state index contributed by atoms with van der Waals surface area (Å²) < 4.78 is 57.7. The summed E-state index contributed by atoms with van der Waals surface area (Å²) in [5.74, 6) is -2.01. The fraction of sp³-hybridized carbons (Fsp3) is 0.500. The van der Waals surface area contributed by atoms with Gasteiger partial charge in [0.15, 0.2) is 20.0 Å². The van der Waals surface area contributed by atoms with Gasteiger partial charge in [0.2, 0.25) is 4.45 Å². The Morgan fingerprint density at radius 2 is 1.44 bits per heavy atom. The molecule has 3 atom stereocenters. The Kier molecular flexibility index (Phi) is 37.0. The van der Waals surface area contributed by atoms with Gasteiger partial charge >= 0.3 is 50.3 Å². The van der Waals surface area contributed by atoms with Crippen LogP contribution in [0.3, 0.4) is 0 Å². The number of cyclic esters (lactones) is 2. The number of rotatable bonds is 18. The Morgan fingerprint density at radius 3 is 1.97 bits per heavy atom. The zero-order valence-electron chi connectivity index (χ0n) is 41.9. The number of hydrogen-bond donors (Lipinski definition) is 2. The van der Waals surface area contributed by atoms with Gasteiger partial charge in [0, 0.05) is 14.0 Å². The molecule has 1 saturated heterocycles. The first-order valence-corrected chi connectivity index (χ1v) is 28.4. The molecule has 1 fully saturated rings. The molecule has 0 aliphatic carbocycles. The quantitative estimate of drug-likeness (QED) is 0.0206. The molecule has 72 heavy (non-hydrogen) atoms. The van der Waals surface area contributed by atoms with Crippen molar-refractivity contribution in [2.45, 2.75) is 108 Å². The van der Waals surface area contributed by atoms with Crippen LogP contribution in [0.1, 0.15) is 104 Å². The molecular weight excluding hydrogens is 1060 g/mol. The second-order valence-electron chi connectivity index (χ2n) is 15.9. The normalized spacial score (nSPS) is 16.3. The predicted octanol–water partition coefficient (Wildman–Crippen LogP) is 9.60. The standard InChI is InChI=1S/C24H32O7S2.C17H20O6S.C7H12O2S3.Al.B.HN/c1-5-32-23(29)33-17(2)20(25)30-13-9-10-14-31-21(26)19(16-24(3,4)22(27)28)15-18-11-7-6-8-12-18;1-12-15(14-8-4-3-5-9-14)24(20,21)13(2)17(19)23-11-7-6-10-22-16(12)18;1-4-11-6(10)12-7(2,3)9-5-8;;;/h6-8,11-12,15,17H,5,9-10,13-14,16H2,1-4H3,(H,27,28);3-5,8-9,13,15H,1,6-7,10-11H2,2H3;5H,4H2,1-3H3;;;1H/b19-15+;;;;;. The molecule has 3 rings (SSSR count). The van der Waals surface area contributed by atoms with E-state index in [0.717, 1.165) is 38.4 Å². The van der Waals surface area contributed by atoms with Gasteiger partial charge in [-0.3, -0.25) is 24.0 Å². The molecule has 0 spiro atoms. The van der Waals surface area contributed by atoms with Gasteiger partial charge in [0.1, 0.15) is 14.0 Å². The van der Waals surface area contributed by atoms with E-state index in [1.165, 1.54) is 18.7 Å². The van der Waals surface area contributed by atoms with Crippen LogP contribution < -0.4 is 0 Å². The van der Waals surface area contributed by atoms with E-state index in [2.05, 4.69) is 6.58 Å². The Balaban J connectivity index is 0. The summed E-state index contributed by atoms with van der Waals surface area (Å²) in [6.07, 6.45) is 3.65. The van der Waals surface area contributed by atoms with Crippen LogP contribution in [-0.2, 0) is 62.3 Å². The molecule has 0 saturated carbocycles. The second-order valence-corrected chi connectivity index (χ2v) is 25.1. The van der Waals surface area contributed by atoms with Gasteiger partial charge in [-0.2, -0.15) is 0 Å². The summed E-state index contributed by atoms with van der Waals surface area (Å²) in [6, 6.07) is 17.3. The fourth-order valence-electron chi connectivity index (χ4n) is 5.48. The summed E-state index contributed by atoms with van der Waals surface area (Å²) in [5, 5.41) is 6.09. The fourth-order valence-corrected chi connectivity index (χ4v) is 11.9. The Bertz CT molecular complexity index is 2200. The van der Waals surface area contributed by atoms with Gasteiger partial charge in [-0.05, 0) is 102 Å². The number of aliphatic carboxylic acids is 1. The summed E-state index contributed by atoms with van der Waals surface area (Å²) in [7, 11) is -4.09. The SMILES string of the molecule is C=C1C(=O)OCCCCOC(=O)C(C)S(=O)(=O)C1c1ccccc1.CCSC(=O)SC(C)C(=O)OCCCCOC(=O)/C(=C/c1ccccc1)CC(C)(C)C(=O)O.CCSC(=S)SC(C)(C)OC=O.[B].[NH]=[Al]. The third-order valence-corrected chi connectivity index (χ3v) is 16.1. The number of carbonyl (C=O) groups is 7. The van der Waals surface area contributed by atoms with Gasteiger partial charge in [-0.25, -0.2) is 18.0 Å². The predicted molar refractivity (Wildman–Crippen MR) is 294 cm³/mol. The minimum atomic E-state index is -4.09. The molecule has 0 aromatic heterocycles. The molecule has 0 amide bonds. The minimum absolute atomic E-state index is 0. The Hall–Kier alpha value is -3.75. The molecule has 3 unspecified atom stereocenters.